The van der Waals surface area contributed by atoms with E-state index in [0.717, 1.165) is 0 Å². The number of allylic oxidation sites excluding steroid dienone is 3. The molecule has 0 aliphatic heterocycles. The molecule has 0 aromatic rings. The van der Waals surface area contributed by atoms with Gasteiger partial charge in [0.15, 0.2) is 0 Å². The Morgan fingerprint density at radius 3 is 2.64 bits per heavy atom. The molecule has 0 fully saturated rings. The fraction of sp³-hybridized carbons (Fsp3) is 0.375. The zero-order chi connectivity index (χ0) is 8.48. The van der Waals surface area contributed by atoms with Gasteiger partial charge in [-0.2, -0.15) is 0 Å². The number of halogens is 1. The minimum atomic E-state index is -1.05. The van der Waals surface area contributed by atoms with Gasteiger partial charge in [0.25, 0.3) is 0 Å². The fourth-order valence-corrected chi connectivity index (χ4v) is 1.51. The van der Waals surface area contributed by atoms with Crippen LogP contribution in [0.25, 0.3) is 0 Å². The number of aliphatic carboxylic acids is 1. The average Bonchev–Trinajstić information content (AvgIpc) is 1.85. The fourth-order valence-electron chi connectivity index (χ4n) is 1.02. The number of carbonyl (C=O) groups excluding carboxylic acids is 1. The Morgan fingerprint density at radius 1 is 1.64 bits per heavy atom. The molecule has 0 N–H and O–H groups in total. The van der Waals surface area contributed by atoms with Crippen molar-refractivity contribution in [2.24, 2.45) is 5.92 Å². The second-order valence-corrected chi connectivity index (χ2v) is 4.40. The summed E-state index contributed by atoms with van der Waals surface area (Å²) in [7, 11) is 0. The maximum absolute atomic E-state index is 10.5. The Morgan fingerprint density at radius 2 is 2.27 bits per heavy atom. The van der Waals surface area contributed by atoms with E-state index in [9.17, 15) is 9.90 Å². The largest absolute Gasteiger partial charge is 0.549 e. The molecule has 0 aromatic carbocycles. The zero-order valence-electron chi connectivity index (χ0n) is 6.08. The van der Waals surface area contributed by atoms with Crippen molar-refractivity contribution in [3.63, 3.8) is 0 Å². The summed E-state index contributed by atoms with van der Waals surface area (Å²) in [5.41, 5.74) is 0. The lowest BCUT2D eigenvalue weighted by Crippen LogP contribution is -2.41. The van der Waals surface area contributed by atoms with Gasteiger partial charge in [-0.1, -0.05) is 40.2 Å². The molecule has 11 heavy (non-hydrogen) atoms. The van der Waals surface area contributed by atoms with Crippen LogP contribution in [0.5, 0.6) is 0 Å². The van der Waals surface area contributed by atoms with Gasteiger partial charge in [0.1, 0.15) is 0 Å². The van der Waals surface area contributed by atoms with Crippen LogP contribution >= 0.6 is 15.9 Å². The Bertz CT molecular complexity index is 228. The molecular weight excluding hydrogens is 208 g/mol. The summed E-state index contributed by atoms with van der Waals surface area (Å²) < 4.78 is -0.499. The van der Waals surface area contributed by atoms with Gasteiger partial charge in [-0.3, -0.25) is 0 Å². The monoisotopic (exact) mass is 215 g/mol. The maximum Gasteiger partial charge on any atom is 0.0526 e. The van der Waals surface area contributed by atoms with E-state index in [1.807, 2.05) is 6.08 Å². The van der Waals surface area contributed by atoms with Crippen LogP contribution in [0.1, 0.15) is 6.92 Å². The van der Waals surface area contributed by atoms with E-state index >= 15 is 0 Å². The number of hydrogen-bond acceptors (Lipinski definition) is 2. The van der Waals surface area contributed by atoms with Crippen LogP contribution in [-0.4, -0.2) is 10.3 Å². The van der Waals surface area contributed by atoms with Gasteiger partial charge in [0, 0.05) is 11.9 Å². The van der Waals surface area contributed by atoms with E-state index < -0.39 is 16.2 Å². The summed E-state index contributed by atoms with van der Waals surface area (Å²) in [5, 5.41) is 10.5. The predicted molar refractivity (Wildman–Crippen MR) is 44.1 cm³/mol. The number of alkyl halides is 1. The van der Waals surface area contributed by atoms with Crippen molar-refractivity contribution >= 4 is 21.9 Å². The molecule has 0 spiro atoms. The summed E-state index contributed by atoms with van der Waals surface area (Å²) in [6.45, 7) is 1.80. The van der Waals surface area contributed by atoms with E-state index in [-0.39, 0.29) is 0 Å². The lowest BCUT2D eigenvalue weighted by Gasteiger charge is -2.29. The van der Waals surface area contributed by atoms with Crippen LogP contribution in [0.4, 0.5) is 0 Å². The molecule has 2 atom stereocenters. The minimum absolute atomic E-state index is 0.499. The molecule has 2 unspecified atom stereocenters. The number of rotatable bonds is 1. The van der Waals surface area contributed by atoms with Gasteiger partial charge < -0.3 is 9.90 Å². The molecule has 0 radical (unpaired) electrons. The third-order valence-corrected chi connectivity index (χ3v) is 2.46. The standard InChI is InChI=1S/C8H9BrO2/c1-8(9)5-3-2-4-6(8)7(10)11/h2-6H,1H3,(H,10,11)/p-1. The lowest BCUT2D eigenvalue weighted by atomic mass is 9.90. The predicted octanol–water partition coefficient (Wildman–Crippen LogP) is 0.632. The van der Waals surface area contributed by atoms with Gasteiger partial charge >= 0.3 is 0 Å². The second-order valence-electron chi connectivity index (χ2n) is 2.69. The van der Waals surface area contributed by atoms with Gasteiger partial charge in [0.05, 0.1) is 4.32 Å². The quantitative estimate of drug-likeness (QED) is 0.603. The first-order valence-electron chi connectivity index (χ1n) is 3.30. The van der Waals surface area contributed by atoms with Gasteiger partial charge in [-0.15, -0.1) is 0 Å². The third-order valence-electron chi connectivity index (χ3n) is 1.70. The molecule has 2 nitrogen and oxygen atoms in total. The number of carboxylic acids is 1. The van der Waals surface area contributed by atoms with Crippen molar-refractivity contribution in [2.45, 2.75) is 11.2 Å². The van der Waals surface area contributed by atoms with E-state index in [1.165, 1.54) is 0 Å². The van der Waals surface area contributed by atoms with Crippen molar-refractivity contribution < 1.29 is 9.90 Å². The highest BCUT2D eigenvalue weighted by atomic mass is 79.9. The summed E-state index contributed by atoms with van der Waals surface area (Å²) >= 11 is 3.30. The molecule has 0 heterocycles. The van der Waals surface area contributed by atoms with Gasteiger partial charge in [-0.25, -0.2) is 0 Å². The smallest absolute Gasteiger partial charge is 0.0526 e. The topological polar surface area (TPSA) is 40.1 Å². The maximum atomic E-state index is 10.5. The molecule has 60 valence electrons. The SMILES string of the molecule is CC1(Br)C=CC=CC1C(=O)[O-]. The summed E-state index contributed by atoms with van der Waals surface area (Å²) in [5.74, 6) is -1.63. The van der Waals surface area contributed by atoms with E-state index in [1.54, 1.807) is 25.2 Å². The molecule has 0 saturated heterocycles. The van der Waals surface area contributed by atoms with Crippen molar-refractivity contribution in [1.82, 2.24) is 0 Å². The van der Waals surface area contributed by atoms with Crippen LogP contribution < -0.4 is 5.11 Å². The molecule has 0 amide bonds. The normalized spacial score (nSPS) is 35.6. The minimum Gasteiger partial charge on any atom is -0.549 e. The molecule has 0 bridgehead atoms. The highest BCUT2D eigenvalue weighted by molar-refractivity contribution is 9.10. The second kappa shape index (κ2) is 2.81. The van der Waals surface area contributed by atoms with Crippen molar-refractivity contribution in [3.8, 4) is 0 Å². The highest BCUT2D eigenvalue weighted by Gasteiger charge is 2.29. The zero-order valence-corrected chi connectivity index (χ0v) is 7.67. The van der Waals surface area contributed by atoms with Crippen LogP contribution in [0.3, 0.4) is 0 Å². The van der Waals surface area contributed by atoms with Gasteiger partial charge in [-0.05, 0) is 6.92 Å². The number of carboxylic acid groups (broad SMARTS) is 1. The number of carbonyl (C=O) groups is 1. The Kier molecular flexibility index (Phi) is 2.18. The first kappa shape index (κ1) is 8.53. The van der Waals surface area contributed by atoms with Gasteiger partial charge in [0.2, 0.25) is 0 Å². The Labute approximate surface area is 73.7 Å². The van der Waals surface area contributed by atoms with Crippen molar-refractivity contribution in [2.75, 3.05) is 0 Å². The summed E-state index contributed by atoms with van der Waals surface area (Å²) in [6.07, 6.45) is 6.94. The first-order valence-corrected chi connectivity index (χ1v) is 4.09. The van der Waals surface area contributed by atoms with Crippen LogP contribution in [0, 0.1) is 5.92 Å². The summed E-state index contributed by atoms with van der Waals surface area (Å²) in [4.78, 5) is 10.5. The molecule has 0 aromatic heterocycles. The van der Waals surface area contributed by atoms with Crippen LogP contribution in [0.2, 0.25) is 0 Å². The Hall–Kier alpha value is -0.570. The first-order chi connectivity index (χ1) is 5.04. The Balaban J connectivity index is 2.89. The van der Waals surface area contributed by atoms with E-state index in [4.69, 9.17) is 0 Å². The average molecular weight is 216 g/mol. The summed E-state index contributed by atoms with van der Waals surface area (Å²) in [6, 6.07) is 0. The molecular formula is C8H8BrO2-. The highest BCUT2D eigenvalue weighted by Crippen LogP contribution is 2.32. The molecule has 1 aliphatic carbocycles. The van der Waals surface area contributed by atoms with Crippen molar-refractivity contribution in [3.05, 3.63) is 24.3 Å². The molecule has 3 heteroatoms. The lowest BCUT2D eigenvalue weighted by molar-refractivity contribution is -0.310. The van der Waals surface area contributed by atoms with Crippen LogP contribution in [0.15, 0.2) is 24.3 Å². The van der Waals surface area contributed by atoms with Crippen LogP contribution in [-0.2, 0) is 4.79 Å². The molecule has 1 rings (SSSR count). The number of hydrogen-bond donors (Lipinski definition) is 0. The van der Waals surface area contributed by atoms with Crippen molar-refractivity contribution in [1.29, 1.82) is 0 Å². The van der Waals surface area contributed by atoms with E-state index in [0.29, 0.717) is 0 Å². The third kappa shape index (κ3) is 1.71. The molecule has 1 aliphatic rings. The molecule has 0 saturated carbocycles. The van der Waals surface area contributed by atoms with E-state index in [2.05, 4.69) is 15.9 Å².